The molecular weight excluding hydrogens is 547 g/mol. The number of benzene rings is 2. The number of hydroxylamine groups is 2. The van der Waals surface area contributed by atoms with Gasteiger partial charge in [0.25, 0.3) is 11.5 Å². The van der Waals surface area contributed by atoms with E-state index in [4.69, 9.17) is 16.4 Å². The van der Waals surface area contributed by atoms with Crippen molar-refractivity contribution >= 4 is 23.2 Å². The third-order valence-corrected chi connectivity index (χ3v) is 6.63. The van der Waals surface area contributed by atoms with Gasteiger partial charge in [0.15, 0.2) is 0 Å². The molecule has 1 N–H and O–H groups in total. The highest BCUT2D eigenvalue weighted by Crippen LogP contribution is 2.51. The number of amides is 1. The molecule has 14 heteroatoms. The number of nitrogens with one attached hydrogen (secondary N) is 1. The number of oxime groups is 1. The Labute approximate surface area is 217 Å². The Morgan fingerprint density at radius 2 is 1.92 bits per heavy atom. The molecule has 0 radical (unpaired) electrons. The summed E-state index contributed by atoms with van der Waals surface area (Å²) in [5, 5.41) is 6.83. The number of hydrogen-bond donors (Lipinski definition) is 1. The van der Waals surface area contributed by atoms with Crippen molar-refractivity contribution in [3.05, 3.63) is 69.0 Å². The van der Waals surface area contributed by atoms with Crippen LogP contribution in [0.5, 0.6) is 0 Å². The number of rotatable bonds is 5. The van der Waals surface area contributed by atoms with E-state index in [1.807, 2.05) is 6.92 Å². The molecule has 4 rings (SSSR count). The lowest BCUT2D eigenvalue weighted by Gasteiger charge is -2.30. The Bertz CT molecular complexity index is 1280. The van der Waals surface area contributed by atoms with Gasteiger partial charge in [-0.1, -0.05) is 29.7 Å². The van der Waals surface area contributed by atoms with E-state index in [-0.39, 0.29) is 35.0 Å². The zero-order valence-electron chi connectivity index (χ0n) is 19.9. The molecule has 0 unspecified atom stereocenters. The minimum atomic E-state index is -5.36. The Morgan fingerprint density at radius 3 is 2.50 bits per heavy atom. The minimum Gasteiger partial charge on any atom is -0.374 e. The molecule has 2 aromatic carbocycles. The standard InChI is InChI=1S/C24H21ClF7N3O3/c1-3-35-10-15(11-37-35)33-21(36)16-5-4-13(6-12(16)2)19-9-22(38-34-19,24(30,31)32)17-7-14(23(27,28)29)8-18(25)20(17)26/h4-8,15H,3,9-11H2,1-2H3,(H,33,36)/t15-,22-/m1/s1. The van der Waals surface area contributed by atoms with Crippen molar-refractivity contribution in [1.29, 1.82) is 0 Å². The lowest BCUT2D eigenvalue weighted by Crippen LogP contribution is -2.43. The van der Waals surface area contributed by atoms with Gasteiger partial charge in [0.1, 0.15) is 5.82 Å². The molecule has 0 saturated carbocycles. The molecule has 206 valence electrons. The number of hydrogen-bond acceptors (Lipinski definition) is 5. The van der Waals surface area contributed by atoms with Gasteiger partial charge in [0, 0.05) is 24.2 Å². The van der Waals surface area contributed by atoms with Crippen LogP contribution in [-0.2, 0) is 21.5 Å². The lowest BCUT2D eigenvalue weighted by molar-refractivity contribution is -0.276. The Morgan fingerprint density at radius 1 is 1.21 bits per heavy atom. The van der Waals surface area contributed by atoms with Crippen LogP contribution in [-0.4, -0.2) is 48.6 Å². The molecule has 38 heavy (non-hydrogen) atoms. The fourth-order valence-corrected chi connectivity index (χ4v) is 4.52. The molecule has 2 aromatic rings. The SMILES string of the molecule is CCN1C[C@@H](NC(=O)c2ccc(C3=NO[C@](c4cc(C(F)(F)F)cc(Cl)c4F)(C(F)(F)F)C3)cc2C)CO1. The van der Waals surface area contributed by atoms with Crippen LogP contribution in [0.25, 0.3) is 0 Å². The quantitative estimate of drug-likeness (QED) is 0.467. The first-order valence-corrected chi connectivity index (χ1v) is 11.7. The van der Waals surface area contributed by atoms with Gasteiger partial charge < -0.3 is 10.2 Å². The topological polar surface area (TPSA) is 63.2 Å². The normalized spacial score (nSPS) is 22.4. The number of likely N-dealkylation sites (N-methyl/N-ethyl adjacent to an activating group) is 1. The van der Waals surface area contributed by atoms with E-state index in [1.54, 1.807) is 12.0 Å². The number of carbonyl (C=O) groups is 1. The van der Waals surface area contributed by atoms with E-state index in [0.717, 1.165) is 0 Å². The molecule has 0 bridgehead atoms. The van der Waals surface area contributed by atoms with Crippen LogP contribution in [0.1, 0.15) is 46.0 Å². The zero-order valence-corrected chi connectivity index (χ0v) is 20.7. The van der Waals surface area contributed by atoms with Crippen LogP contribution in [0.4, 0.5) is 30.7 Å². The largest absolute Gasteiger partial charge is 0.435 e. The summed E-state index contributed by atoms with van der Waals surface area (Å²) in [5.41, 5.74) is -6.09. The molecule has 2 atom stereocenters. The second-order valence-electron chi connectivity index (χ2n) is 8.92. The van der Waals surface area contributed by atoms with E-state index in [2.05, 4.69) is 15.3 Å². The van der Waals surface area contributed by atoms with E-state index in [1.165, 1.54) is 18.2 Å². The summed E-state index contributed by atoms with van der Waals surface area (Å²) in [6.07, 6.45) is -11.6. The van der Waals surface area contributed by atoms with Gasteiger partial charge in [0.2, 0.25) is 0 Å². The average Bonchev–Trinajstić information content (AvgIpc) is 3.47. The Kier molecular flexibility index (Phi) is 7.40. The highest BCUT2D eigenvalue weighted by Gasteiger charge is 2.64. The van der Waals surface area contributed by atoms with E-state index in [9.17, 15) is 35.5 Å². The highest BCUT2D eigenvalue weighted by molar-refractivity contribution is 6.30. The van der Waals surface area contributed by atoms with Crippen molar-refractivity contribution in [3.8, 4) is 0 Å². The van der Waals surface area contributed by atoms with Crippen molar-refractivity contribution in [2.24, 2.45) is 5.16 Å². The summed E-state index contributed by atoms with van der Waals surface area (Å²) < 4.78 is 97.4. The zero-order chi connectivity index (χ0) is 28.0. The minimum absolute atomic E-state index is 0.0260. The Balaban J connectivity index is 1.62. The van der Waals surface area contributed by atoms with E-state index in [0.29, 0.717) is 25.3 Å². The lowest BCUT2D eigenvalue weighted by atomic mass is 9.85. The van der Waals surface area contributed by atoms with Crippen LogP contribution in [0.15, 0.2) is 35.5 Å². The molecular formula is C24H21ClF7N3O3. The van der Waals surface area contributed by atoms with Gasteiger partial charge in [0.05, 0.1) is 35.4 Å². The number of nitrogens with zero attached hydrogens (tertiary/aromatic N) is 2. The first-order chi connectivity index (χ1) is 17.7. The summed E-state index contributed by atoms with van der Waals surface area (Å²) >= 11 is 5.53. The van der Waals surface area contributed by atoms with Crippen LogP contribution >= 0.6 is 11.6 Å². The maximum Gasteiger partial charge on any atom is 0.435 e. The van der Waals surface area contributed by atoms with Crippen LogP contribution in [0, 0.1) is 12.7 Å². The number of aryl methyl sites for hydroxylation is 1. The molecule has 1 fully saturated rings. The number of alkyl halides is 6. The summed E-state index contributed by atoms with van der Waals surface area (Å²) in [5.74, 6) is -2.12. The summed E-state index contributed by atoms with van der Waals surface area (Å²) in [6.45, 7) is 4.87. The Hall–Kier alpha value is -2.90. The molecule has 0 spiro atoms. The molecule has 0 aliphatic carbocycles. The van der Waals surface area contributed by atoms with Crippen molar-refractivity contribution in [2.45, 2.75) is 44.3 Å². The molecule has 2 aliphatic heterocycles. The molecule has 1 saturated heterocycles. The predicted octanol–water partition coefficient (Wildman–Crippen LogP) is 5.75. The number of halogens is 8. The van der Waals surface area contributed by atoms with Crippen LogP contribution in [0.2, 0.25) is 5.02 Å². The van der Waals surface area contributed by atoms with Gasteiger partial charge in [-0.3, -0.25) is 9.63 Å². The van der Waals surface area contributed by atoms with E-state index < -0.39 is 52.2 Å². The van der Waals surface area contributed by atoms with Gasteiger partial charge in [-0.25, -0.2) is 4.39 Å². The average molecular weight is 568 g/mol. The van der Waals surface area contributed by atoms with Gasteiger partial charge in [-0.15, -0.1) is 0 Å². The van der Waals surface area contributed by atoms with Crippen LogP contribution < -0.4 is 5.32 Å². The summed E-state index contributed by atoms with van der Waals surface area (Å²) in [7, 11) is 0. The predicted molar refractivity (Wildman–Crippen MR) is 122 cm³/mol. The molecule has 2 heterocycles. The third kappa shape index (κ3) is 5.19. The molecule has 1 amide bonds. The van der Waals surface area contributed by atoms with Gasteiger partial charge >= 0.3 is 12.4 Å². The fourth-order valence-electron chi connectivity index (χ4n) is 4.30. The molecule has 0 aromatic heterocycles. The van der Waals surface area contributed by atoms with Gasteiger partial charge in [-0.05, 0) is 42.3 Å². The summed E-state index contributed by atoms with van der Waals surface area (Å²) in [4.78, 5) is 22.8. The van der Waals surface area contributed by atoms with Crippen molar-refractivity contribution < 1.29 is 45.2 Å². The first kappa shape index (κ1) is 28.1. The second kappa shape index (κ2) is 10.0. The third-order valence-electron chi connectivity index (χ3n) is 6.35. The van der Waals surface area contributed by atoms with Crippen molar-refractivity contribution in [1.82, 2.24) is 10.4 Å². The first-order valence-electron chi connectivity index (χ1n) is 11.3. The monoisotopic (exact) mass is 567 g/mol. The van der Waals surface area contributed by atoms with Crippen molar-refractivity contribution in [3.63, 3.8) is 0 Å². The van der Waals surface area contributed by atoms with Crippen molar-refractivity contribution in [2.75, 3.05) is 19.7 Å². The fraction of sp³-hybridized carbons (Fsp3) is 0.417. The maximum absolute atomic E-state index is 14.8. The maximum atomic E-state index is 14.8. The summed E-state index contributed by atoms with van der Waals surface area (Å²) in [6, 6.07) is 4.07. The van der Waals surface area contributed by atoms with Crippen LogP contribution in [0.3, 0.4) is 0 Å². The molecule has 6 nitrogen and oxygen atoms in total. The highest BCUT2D eigenvalue weighted by atomic mass is 35.5. The van der Waals surface area contributed by atoms with Gasteiger partial charge in [-0.2, -0.15) is 31.4 Å². The van der Waals surface area contributed by atoms with E-state index >= 15 is 0 Å². The molecule has 2 aliphatic rings. The number of carbonyl (C=O) groups excluding carboxylic acids is 1. The second-order valence-corrected chi connectivity index (χ2v) is 9.33. The smallest absolute Gasteiger partial charge is 0.374 e.